The summed E-state index contributed by atoms with van der Waals surface area (Å²) in [5.74, 6) is -0.605. The molecule has 6 heteroatoms. The van der Waals surface area contributed by atoms with Gasteiger partial charge in [-0.1, -0.05) is 6.92 Å². The highest BCUT2D eigenvalue weighted by Gasteiger charge is 2.21. The molecule has 1 aromatic rings. The second-order valence-corrected chi connectivity index (χ2v) is 4.65. The highest BCUT2D eigenvalue weighted by atomic mass is 32.1. The van der Waals surface area contributed by atoms with Crippen molar-refractivity contribution in [1.82, 2.24) is 4.90 Å². The summed E-state index contributed by atoms with van der Waals surface area (Å²) < 4.78 is 4.86. The fourth-order valence-corrected chi connectivity index (χ4v) is 2.31. The van der Waals surface area contributed by atoms with Crippen LogP contribution in [-0.4, -0.2) is 36.5 Å². The predicted octanol–water partition coefficient (Wildman–Crippen LogP) is 1.75. The van der Waals surface area contributed by atoms with Crippen LogP contribution < -0.4 is 5.73 Å². The Hall–Kier alpha value is -1.56. The van der Waals surface area contributed by atoms with Crippen molar-refractivity contribution in [2.75, 3.05) is 25.4 Å². The van der Waals surface area contributed by atoms with Crippen LogP contribution in [0.4, 0.5) is 5.69 Å². The van der Waals surface area contributed by atoms with Gasteiger partial charge in [-0.15, -0.1) is 11.3 Å². The number of esters is 1. The van der Waals surface area contributed by atoms with E-state index in [4.69, 9.17) is 10.5 Å². The maximum atomic E-state index is 12.2. The van der Waals surface area contributed by atoms with Gasteiger partial charge in [-0.05, 0) is 24.8 Å². The molecule has 0 atom stereocenters. The van der Waals surface area contributed by atoms with Crippen LogP contribution in [-0.2, 0) is 9.53 Å². The van der Waals surface area contributed by atoms with Gasteiger partial charge in [0.1, 0.15) is 11.4 Å². The third-order valence-electron chi connectivity index (χ3n) is 2.30. The summed E-state index contributed by atoms with van der Waals surface area (Å²) in [5, 5.41) is 1.76. The number of amides is 1. The minimum atomic E-state index is -0.394. The predicted molar refractivity (Wildman–Crippen MR) is 71.6 cm³/mol. The van der Waals surface area contributed by atoms with Crippen LogP contribution in [0.3, 0.4) is 0 Å². The lowest BCUT2D eigenvalue weighted by atomic mass is 10.3. The molecule has 1 amide bonds. The van der Waals surface area contributed by atoms with Crippen LogP contribution in [0.15, 0.2) is 11.4 Å². The second-order valence-electron chi connectivity index (χ2n) is 3.74. The van der Waals surface area contributed by atoms with Gasteiger partial charge in [0.15, 0.2) is 0 Å². The van der Waals surface area contributed by atoms with Crippen LogP contribution >= 0.6 is 11.3 Å². The zero-order valence-corrected chi connectivity index (χ0v) is 11.5. The molecule has 2 N–H and O–H groups in total. The summed E-state index contributed by atoms with van der Waals surface area (Å²) >= 11 is 1.28. The molecule has 0 saturated heterocycles. The Kier molecular flexibility index (Phi) is 5.64. The topological polar surface area (TPSA) is 72.6 Å². The molecule has 18 heavy (non-hydrogen) atoms. The fraction of sp³-hybridized carbons (Fsp3) is 0.500. The first kappa shape index (κ1) is 14.5. The van der Waals surface area contributed by atoms with E-state index in [1.807, 2.05) is 6.92 Å². The first-order chi connectivity index (χ1) is 8.60. The molecule has 1 aromatic heterocycles. The Morgan fingerprint density at radius 2 is 2.17 bits per heavy atom. The van der Waals surface area contributed by atoms with Gasteiger partial charge in [-0.2, -0.15) is 0 Å². The van der Waals surface area contributed by atoms with Gasteiger partial charge in [0.2, 0.25) is 0 Å². The minimum Gasteiger partial charge on any atom is -0.465 e. The molecular weight excluding hydrogens is 252 g/mol. The number of hydrogen-bond donors (Lipinski definition) is 1. The van der Waals surface area contributed by atoms with E-state index in [2.05, 4.69) is 0 Å². The molecule has 0 spiro atoms. The van der Waals surface area contributed by atoms with Crippen molar-refractivity contribution in [2.24, 2.45) is 0 Å². The molecule has 100 valence electrons. The maximum absolute atomic E-state index is 12.2. The van der Waals surface area contributed by atoms with Crippen LogP contribution in [0.2, 0.25) is 0 Å². The lowest BCUT2D eigenvalue weighted by molar-refractivity contribution is -0.143. The molecule has 1 heterocycles. The van der Waals surface area contributed by atoms with Gasteiger partial charge in [-0.25, -0.2) is 0 Å². The summed E-state index contributed by atoms with van der Waals surface area (Å²) in [5.41, 5.74) is 6.17. The molecule has 0 aliphatic rings. The number of ether oxygens (including phenoxy) is 1. The van der Waals surface area contributed by atoms with E-state index in [1.165, 1.54) is 16.2 Å². The molecule has 0 aliphatic heterocycles. The van der Waals surface area contributed by atoms with E-state index in [0.29, 0.717) is 23.7 Å². The van der Waals surface area contributed by atoms with Gasteiger partial charge in [0.05, 0.1) is 12.3 Å². The SMILES string of the molecule is CCCN(CC(=O)OCC)C(=O)c1sccc1N. The lowest BCUT2D eigenvalue weighted by Gasteiger charge is -2.20. The van der Waals surface area contributed by atoms with Gasteiger partial charge in [0.25, 0.3) is 5.91 Å². The summed E-state index contributed by atoms with van der Waals surface area (Å²) in [4.78, 5) is 25.6. The number of nitrogens with zero attached hydrogens (tertiary/aromatic N) is 1. The summed E-state index contributed by atoms with van der Waals surface area (Å²) in [7, 11) is 0. The van der Waals surface area contributed by atoms with Crippen molar-refractivity contribution in [3.8, 4) is 0 Å². The number of anilines is 1. The average molecular weight is 270 g/mol. The highest BCUT2D eigenvalue weighted by Crippen LogP contribution is 2.20. The molecule has 0 aliphatic carbocycles. The molecule has 0 fully saturated rings. The van der Waals surface area contributed by atoms with Crippen molar-refractivity contribution in [1.29, 1.82) is 0 Å². The molecule has 5 nitrogen and oxygen atoms in total. The van der Waals surface area contributed by atoms with Crippen LogP contribution in [0.25, 0.3) is 0 Å². The zero-order chi connectivity index (χ0) is 13.5. The van der Waals surface area contributed by atoms with E-state index in [0.717, 1.165) is 6.42 Å². The molecule has 0 unspecified atom stereocenters. The van der Waals surface area contributed by atoms with Crippen molar-refractivity contribution >= 4 is 28.9 Å². The summed E-state index contributed by atoms with van der Waals surface area (Å²) in [6.45, 7) is 4.48. The fourth-order valence-electron chi connectivity index (χ4n) is 1.52. The first-order valence-corrected chi connectivity index (χ1v) is 6.76. The number of carbonyl (C=O) groups excluding carboxylic acids is 2. The number of rotatable bonds is 6. The van der Waals surface area contributed by atoms with Gasteiger partial charge in [-0.3, -0.25) is 9.59 Å². The van der Waals surface area contributed by atoms with E-state index in [1.54, 1.807) is 18.4 Å². The Morgan fingerprint density at radius 3 is 2.67 bits per heavy atom. The zero-order valence-electron chi connectivity index (χ0n) is 10.6. The largest absolute Gasteiger partial charge is 0.465 e. The number of nitrogen functional groups attached to an aromatic ring is 1. The molecule has 0 aromatic carbocycles. The second kappa shape index (κ2) is 7.00. The van der Waals surface area contributed by atoms with Crippen LogP contribution in [0.1, 0.15) is 29.9 Å². The number of thiophene rings is 1. The van der Waals surface area contributed by atoms with Crippen molar-refractivity contribution in [2.45, 2.75) is 20.3 Å². The van der Waals surface area contributed by atoms with E-state index in [-0.39, 0.29) is 12.5 Å². The van der Waals surface area contributed by atoms with Gasteiger partial charge in [0, 0.05) is 6.54 Å². The Morgan fingerprint density at radius 1 is 1.44 bits per heavy atom. The van der Waals surface area contributed by atoms with Crippen LogP contribution in [0, 0.1) is 0 Å². The van der Waals surface area contributed by atoms with Gasteiger partial charge >= 0.3 is 5.97 Å². The third kappa shape index (κ3) is 3.73. The molecule has 0 bridgehead atoms. The monoisotopic (exact) mass is 270 g/mol. The molecule has 0 saturated carbocycles. The van der Waals surface area contributed by atoms with Crippen LogP contribution in [0.5, 0.6) is 0 Å². The van der Waals surface area contributed by atoms with Gasteiger partial charge < -0.3 is 15.4 Å². The third-order valence-corrected chi connectivity index (χ3v) is 3.21. The van der Waals surface area contributed by atoms with E-state index < -0.39 is 5.97 Å². The molecule has 1 rings (SSSR count). The average Bonchev–Trinajstić information content (AvgIpc) is 2.74. The Bertz CT molecular complexity index is 417. The molecular formula is C12H18N2O3S. The van der Waals surface area contributed by atoms with Crippen molar-refractivity contribution in [3.05, 3.63) is 16.3 Å². The molecule has 0 radical (unpaired) electrons. The number of carbonyl (C=O) groups is 2. The standard InChI is InChI=1S/C12H18N2O3S/c1-3-6-14(8-10(15)17-4-2)12(16)11-9(13)5-7-18-11/h5,7H,3-4,6,8,13H2,1-2H3. The number of hydrogen-bond acceptors (Lipinski definition) is 5. The quantitative estimate of drug-likeness (QED) is 0.799. The normalized spacial score (nSPS) is 10.1. The van der Waals surface area contributed by atoms with Crippen molar-refractivity contribution < 1.29 is 14.3 Å². The van der Waals surface area contributed by atoms with Crippen molar-refractivity contribution in [3.63, 3.8) is 0 Å². The smallest absolute Gasteiger partial charge is 0.325 e. The highest BCUT2D eigenvalue weighted by molar-refractivity contribution is 7.12. The maximum Gasteiger partial charge on any atom is 0.325 e. The lowest BCUT2D eigenvalue weighted by Crippen LogP contribution is -2.37. The Labute approximate surface area is 111 Å². The minimum absolute atomic E-state index is 0.0299. The number of nitrogens with two attached hydrogens (primary N) is 1. The Balaban J connectivity index is 2.75. The summed E-state index contributed by atoms with van der Waals surface area (Å²) in [6.07, 6.45) is 0.774. The van der Waals surface area contributed by atoms with E-state index in [9.17, 15) is 9.59 Å². The summed E-state index contributed by atoms with van der Waals surface area (Å²) in [6, 6.07) is 1.69. The first-order valence-electron chi connectivity index (χ1n) is 5.88. The van der Waals surface area contributed by atoms with E-state index >= 15 is 0 Å².